The van der Waals surface area contributed by atoms with E-state index >= 15 is 0 Å². The second-order valence-corrected chi connectivity index (χ2v) is 9.54. The first kappa shape index (κ1) is 20.6. The van der Waals surface area contributed by atoms with Gasteiger partial charge in [0.2, 0.25) is 0 Å². The third-order valence-corrected chi connectivity index (χ3v) is 7.61. The van der Waals surface area contributed by atoms with Crippen molar-refractivity contribution < 1.29 is 9.53 Å². The third kappa shape index (κ3) is 4.49. The number of para-hydroxylation sites is 1. The van der Waals surface area contributed by atoms with Crippen LogP contribution in [-0.2, 0) is 11.8 Å². The summed E-state index contributed by atoms with van der Waals surface area (Å²) in [5.74, 6) is 2.60. The summed E-state index contributed by atoms with van der Waals surface area (Å²) in [6.45, 7) is 2.99. The lowest BCUT2D eigenvalue weighted by Gasteiger charge is -2.50. The zero-order chi connectivity index (χ0) is 21.2. The molecule has 0 radical (unpaired) electrons. The molecule has 1 amide bonds. The van der Waals surface area contributed by atoms with E-state index in [1.165, 1.54) is 43.5 Å². The molecule has 6 heteroatoms. The minimum atomic E-state index is -0.0455. The Balaban J connectivity index is 1.15. The minimum absolute atomic E-state index is 0.0455. The highest BCUT2D eigenvalue weighted by atomic mass is 16.5. The fourth-order valence-corrected chi connectivity index (χ4v) is 5.91. The summed E-state index contributed by atoms with van der Waals surface area (Å²) in [5, 5.41) is 7.99. The van der Waals surface area contributed by atoms with Gasteiger partial charge in [-0.1, -0.05) is 31.0 Å². The Morgan fingerprint density at radius 3 is 2.74 bits per heavy atom. The number of aryl methyl sites for hydroxylation is 1. The highest BCUT2D eigenvalue weighted by Gasteiger charge is 2.42. The van der Waals surface area contributed by atoms with E-state index in [0.29, 0.717) is 30.3 Å². The Hall–Kier alpha value is -2.34. The summed E-state index contributed by atoms with van der Waals surface area (Å²) in [7, 11) is 2.12. The first-order valence-electron chi connectivity index (χ1n) is 11.9. The van der Waals surface area contributed by atoms with E-state index in [1.54, 1.807) is 0 Å². The lowest BCUT2D eigenvalue weighted by atomic mass is 9.74. The summed E-state index contributed by atoms with van der Waals surface area (Å²) in [6.07, 6.45) is 7.68. The van der Waals surface area contributed by atoms with E-state index in [4.69, 9.17) is 9.84 Å². The van der Waals surface area contributed by atoms with Gasteiger partial charge >= 0.3 is 0 Å². The number of nitrogens with zero attached hydrogens (tertiary/aromatic N) is 3. The van der Waals surface area contributed by atoms with E-state index in [1.807, 2.05) is 30.3 Å². The van der Waals surface area contributed by atoms with E-state index in [2.05, 4.69) is 28.0 Å². The van der Waals surface area contributed by atoms with Gasteiger partial charge in [-0.3, -0.25) is 14.4 Å². The van der Waals surface area contributed by atoms with Crippen molar-refractivity contribution in [2.45, 2.75) is 56.4 Å². The van der Waals surface area contributed by atoms with Crippen molar-refractivity contribution in [1.82, 2.24) is 20.0 Å². The summed E-state index contributed by atoms with van der Waals surface area (Å²) in [6, 6.07) is 12.3. The number of rotatable bonds is 7. The van der Waals surface area contributed by atoms with Crippen LogP contribution in [0.25, 0.3) is 0 Å². The lowest BCUT2D eigenvalue weighted by Crippen LogP contribution is -2.56. The van der Waals surface area contributed by atoms with Crippen LogP contribution in [0.5, 0.6) is 5.75 Å². The number of hydrogen-bond acceptors (Lipinski definition) is 4. The first-order valence-corrected chi connectivity index (χ1v) is 11.9. The normalized spacial score (nSPS) is 28.0. The number of benzene rings is 1. The molecule has 1 unspecified atom stereocenters. The zero-order valence-corrected chi connectivity index (χ0v) is 18.5. The molecule has 31 heavy (non-hydrogen) atoms. The van der Waals surface area contributed by atoms with Gasteiger partial charge in [0.05, 0.1) is 5.69 Å². The summed E-state index contributed by atoms with van der Waals surface area (Å²) >= 11 is 0. The average Bonchev–Trinajstić information content (AvgIpc) is 3.47. The van der Waals surface area contributed by atoms with Crippen molar-refractivity contribution in [3.05, 3.63) is 47.8 Å². The van der Waals surface area contributed by atoms with Crippen LogP contribution in [-0.4, -0.2) is 52.9 Å². The highest BCUT2D eigenvalue weighted by Crippen LogP contribution is 2.43. The predicted octanol–water partition coefficient (Wildman–Crippen LogP) is 3.45. The minimum Gasteiger partial charge on any atom is -0.484 e. The predicted molar refractivity (Wildman–Crippen MR) is 120 cm³/mol. The van der Waals surface area contributed by atoms with Gasteiger partial charge in [-0.2, -0.15) is 5.10 Å². The summed E-state index contributed by atoms with van der Waals surface area (Å²) < 4.78 is 7.72. The zero-order valence-electron chi connectivity index (χ0n) is 18.5. The fourth-order valence-electron chi connectivity index (χ4n) is 5.91. The maximum absolute atomic E-state index is 12.3. The van der Waals surface area contributed by atoms with E-state index in [0.717, 1.165) is 25.3 Å². The molecule has 4 aliphatic rings. The number of carbonyl (C=O) groups excluding carboxylic acids is 1. The van der Waals surface area contributed by atoms with E-state index in [9.17, 15) is 4.79 Å². The molecule has 1 N–H and O–H groups in total. The van der Waals surface area contributed by atoms with Gasteiger partial charge in [-0.25, -0.2) is 0 Å². The molecule has 1 aromatic carbocycles. The molecule has 3 saturated heterocycles. The maximum atomic E-state index is 12.3. The topological polar surface area (TPSA) is 59.4 Å². The van der Waals surface area contributed by atoms with Crippen LogP contribution in [0.2, 0.25) is 0 Å². The molecule has 1 aromatic heterocycles. The molecule has 166 valence electrons. The van der Waals surface area contributed by atoms with Crippen LogP contribution in [0.1, 0.15) is 61.7 Å². The number of ether oxygens (including phenoxy) is 1. The quantitative estimate of drug-likeness (QED) is 0.743. The van der Waals surface area contributed by atoms with Gasteiger partial charge < -0.3 is 10.1 Å². The lowest BCUT2D eigenvalue weighted by molar-refractivity contribution is -0.123. The van der Waals surface area contributed by atoms with Crippen molar-refractivity contribution in [3.63, 3.8) is 0 Å². The Kier molecular flexibility index (Phi) is 5.99. The largest absolute Gasteiger partial charge is 0.484 e. The van der Waals surface area contributed by atoms with E-state index in [-0.39, 0.29) is 12.5 Å². The molecule has 1 saturated carbocycles. The molecular weight excluding hydrogens is 388 g/mol. The van der Waals surface area contributed by atoms with Crippen molar-refractivity contribution in [3.8, 4) is 5.75 Å². The summed E-state index contributed by atoms with van der Waals surface area (Å²) in [4.78, 5) is 14.8. The Labute approximate surface area is 185 Å². The van der Waals surface area contributed by atoms with Crippen LogP contribution in [0.4, 0.5) is 0 Å². The van der Waals surface area contributed by atoms with Crippen LogP contribution >= 0.6 is 0 Å². The monoisotopic (exact) mass is 422 g/mol. The fraction of sp³-hybridized carbons (Fsp3) is 0.600. The molecule has 2 aromatic rings. The number of piperidine rings is 3. The van der Waals surface area contributed by atoms with Gasteiger partial charge in [0, 0.05) is 43.7 Å². The van der Waals surface area contributed by atoms with Crippen LogP contribution in [0.15, 0.2) is 36.4 Å². The van der Waals surface area contributed by atoms with Crippen LogP contribution in [0.3, 0.4) is 0 Å². The molecule has 4 heterocycles. The van der Waals surface area contributed by atoms with Crippen LogP contribution < -0.4 is 10.1 Å². The molecule has 1 aliphatic carbocycles. The number of nitrogens with one attached hydrogen (secondary N) is 1. The number of aromatic nitrogens is 2. The van der Waals surface area contributed by atoms with Gasteiger partial charge in [-0.05, 0) is 56.3 Å². The second-order valence-electron chi connectivity index (χ2n) is 9.54. The number of hydrogen-bond donors (Lipinski definition) is 1. The van der Waals surface area contributed by atoms with Crippen molar-refractivity contribution in [1.29, 1.82) is 0 Å². The highest BCUT2D eigenvalue weighted by molar-refractivity contribution is 5.77. The Bertz CT molecular complexity index is 890. The van der Waals surface area contributed by atoms with Crippen molar-refractivity contribution in [2.75, 3.05) is 26.2 Å². The molecule has 3 aliphatic heterocycles. The standard InChI is InChI=1S/C25H34N4O2/c1-28-24(14-23(27-28)18-7-5-6-8-18)22-16-29-12-11-19(22)13-20(29)15-26-25(30)17-31-21-9-3-2-4-10-21/h2-4,9-10,14,18-20,22H,5-8,11-13,15-17H2,1H3,(H,26,30)/t19-,20+,22-/m0/s1. The van der Waals surface area contributed by atoms with Crippen molar-refractivity contribution >= 4 is 5.91 Å². The smallest absolute Gasteiger partial charge is 0.257 e. The molecule has 4 atom stereocenters. The van der Waals surface area contributed by atoms with Crippen molar-refractivity contribution in [2.24, 2.45) is 13.0 Å². The number of carbonyl (C=O) groups is 1. The third-order valence-electron chi connectivity index (χ3n) is 7.61. The summed E-state index contributed by atoms with van der Waals surface area (Å²) in [5.41, 5.74) is 2.73. The maximum Gasteiger partial charge on any atom is 0.257 e. The van der Waals surface area contributed by atoms with Gasteiger partial charge in [0.1, 0.15) is 5.75 Å². The second kappa shape index (κ2) is 9.03. The van der Waals surface area contributed by atoms with E-state index < -0.39 is 0 Å². The van der Waals surface area contributed by atoms with Crippen LogP contribution in [0, 0.1) is 5.92 Å². The number of fused-ring (bicyclic) bond motifs is 3. The molecule has 2 bridgehead atoms. The number of amides is 1. The average molecular weight is 423 g/mol. The molecular formula is C25H34N4O2. The molecule has 6 nitrogen and oxygen atoms in total. The first-order chi connectivity index (χ1) is 15.2. The SMILES string of the molecule is Cn1nc(C2CCCC2)cc1[C@H]1CN2CC[C@H]1C[C@@H]2CNC(=O)COc1ccccc1. The molecule has 6 rings (SSSR count). The molecule has 4 fully saturated rings. The van der Waals surface area contributed by atoms with Gasteiger partial charge in [0.15, 0.2) is 6.61 Å². The van der Waals surface area contributed by atoms with Gasteiger partial charge in [0.25, 0.3) is 5.91 Å². The molecule has 0 spiro atoms. The Morgan fingerprint density at radius 2 is 2.00 bits per heavy atom. The Morgan fingerprint density at radius 1 is 1.19 bits per heavy atom. The van der Waals surface area contributed by atoms with Gasteiger partial charge in [-0.15, -0.1) is 0 Å².